The second-order valence-corrected chi connectivity index (χ2v) is 11.1. The Morgan fingerprint density at radius 3 is 2.06 bits per heavy atom. The number of allylic oxidation sites excluding steroid dienone is 2. The van der Waals surface area contributed by atoms with Crippen LogP contribution in [0.3, 0.4) is 0 Å². The number of hydrogen-bond acceptors (Lipinski definition) is 10. The van der Waals surface area contributed by atoms with Crippen molar-refractivity contribution in [2.75, 3.05) is 6.61 Å². The number of ether oxygens (including phenoxy) is 5. The molecule has 0 N–H and O–H groups in total. The van der Waals surface area contributed by atoms with Crippen LogP contribution in [-0.2, 0) is 28.7 Å². The molecule has 49 heavy (non-hydrogen) atoms. The zero-order chi connectivity index (χ0) is 36.0. The lowest BCUT2D eigenvalue weighted by Crippen LogP contribution is -2.11. The number of rotatable bonds is 21. The average Bonchev–Trinajstić information content (AvgIpc) is 3.09. The highest BCUT2D eigenvalue weighted by Gasteiger charge is 2.14. The second-order valence-electron chi connectivity index (χ2n) is 11.1. The molecule has 262 valence electrons. The van der Waals surface area contributed by atoms with E-state index >= 15 is 0 Å². The van der Waals surface area contributed by atoms with Crippen LogP contribution in [0.2, 0.25) is 0 Å². The van der Waals surface area contributed by atoms with Crippen LogP contribution in [0.15, 0.2) is 91.3 Å². The molecule has 0 unspecified atom stereocenters. The van der Waals surface area contributed by atoms with Crippen LogP contribution in [0.5, 0.6) is 17.2 Å². The molecule has 0 aliphatic carbocycles. The third-order valence-electron chi connectivity index (χ3n) is 7.03. The zero-order valence-corrected chi connectivity index (χ0v) is 28.6. The highest BCUT2D eigenvalue weighted by molar-refractivity contribution is 5.93. The number of benzene rings is 2. The first-order chi connectivity index (χ1) is 23.6. The third-order valence-corrected chi connectivity index (χ3v) is 7.03. The van der Waals surface area contributed by atoms with Gasteiger partial charge in [-0.3, -0.25) is 9.59 Å². The van der Waals surface area contributed by atoms with Crippen LogP contribution in [0, 0.1) is 6.92 Å². The molecule has 2 aromatic carbocycles. The quantitative estimate of drug-likeness (QED) is 0.0319. The van der Waals surface area contributed by atoms with Crippen molar-refractivity contribution in [2.24, 2.45) is 0 Å². The zero-order valence-electron chi connectivity index (χ0n) is 28.6. The van der Waals surface area contributed by atoms with Crippen molar-refractivity contribution in [2.45, 2.75) is 85.0 Å². The van der Waals surface area contributed by atoms with Crippen LogP contribution in [0.1, 0.15) is 94.0 Å². The molecule has 0 fully saturated rings. The molecule has 0 radical (unpaired) electrons. The van der Waals surface area contributed by atoms with Gasteiger partial charge in [-0.15, -0.1) is 0 Å². The smallest absolute Gasteiger partial charge is 0.343 e. The summed E-state index contributed by atoms with van der Waals surface area (Å²) in [5.74, 6) is -1.47. The fourth-order valence-corrected chi connectivity index (χ4v) is 4.25. The van der Waals surface area contributed by atoms with E-state index in [1.807, 2.05) is 0 Å². The van der Waals surface area contributed by atoms with E-state index in [1.165, 1.54) is 48.6 Å². The molecule has 0 amide bonds. The Hall–Kier alpha value is -5.25. The molecule has 0 aliphatic heterocycles. The maximum atomic E-state index is 12.7. The number of unbranched alkanes of at least 4 members (excludes halogenated alkanes) is 6. The van der Waals surface area contributed by atoms with Gasteiger partial charge in [0, 0.05) is 18.9 Å². The van der Waals surface area contributed by atoms with Gasteiger partial charge in [-0.25, -0.2) is 14.4 Å². The minimum Gasteiger partial charge on any atom is -0.463 e. The monoisotopic (exact) mass is 674 g/mol. The molecule has 10 nitrogen and oxygen atoms in total. The Kier molecular flexibility index (Phi) is 18.2. The summed E-state index contributed by atoms with van der Waals surface area (Å²) in [5.41, 5.74) is 0.827. The van der Waals surface area contributed by atoms with Crippen LogP contribution in [0.4, 0.5) is 0 Å². The summed E-state index contributed by atoms with van der Waals surface area (Å²) in [7, 11) is 0. The van der Waals surface area contributed by atoms with Gasteiger partial charge in [0.1, 0.15) is 23.0 Å². The lowest BCUT2D eigenvalue weighted by molar-refractivity contribution is -0.139. The SMILES string of the molecule is C=CC(=O)OCCCCCC(=O)Oc1ccc(C(=O)Oc2ccc(OC(=O)C(=C)/C=C\C(=C/C)OC(=O)CCCCCCC)cc2C)cc1. The Balaban J connectivity index is 1.81. The molecular formula is C39H46O10. The summed E-state index contributed by atoms with van der Waals surface area (Å²) in [6.45, 7) is 12.9. The molecule has 0 saturated heterocycles. The predicted molar refractivity (Wildman–Crippen MR) is 185 cm³/mol. The lowest BCUT2D eigenvalue weighted by atomic mass is 10.1. The van der Waals surface area contributed by atoms with Gasteiger partial charge in [0.05, 0.1) is 17.7 Å². The normalized spacial score (nSPS) is 11.0. The fraction of sp³-hybridized carbons (Fsp3) is 0.359. The predicted octanol–water partition coefficient (Wildman–Crippen LogP) is 8.23. The number of hydrogen-bond donors (Lipinski definition) is 0. The van der Waals surface area contributed by atoms with Crippen molar-refractivity contribution in [3.05, 3.63) is 102 Å². The summed E-state index contributed by atoms with van der Waals surface area (Å²) < 4.78 is 26.5. The van der Waals surface area contributed by atoms with E-state index < -0.39 is 23.9 Å². The van der Waals surface area contributed by atoms with Crippen molar-refractivity contribution in [3.8, 4) is 17.2 Å². The summed E-state index contributed by atoms with van der Waals surface area (Å²) in [6, 6.07) is 10.5. The van der Waals surface area contributed by atoms with Crippen molar-refractivity contribution in [1.82, 2.24) is 0 Å². The average molecular weight is 675 g/mol. The Morgan fingerprint density at radius 1 is 0.755 bits per heavy atom. The summed E-state index contributed by atoms with van der Waals surface area (Å²) in [5, 5.41) is 0. The van der Waals surface area contributed by atoms with E-state index in [4.69, 9.17) is 23.7 Å². The molecule has 0 atom stereocenters. The minimum atomic E-state index is -0.703. The van der Waals surface area contributed by atoms with E-state index in [9.17, 15) is 24.0 Å². The van der Waals surface area contributed by atoms with Gasteiger partial charge < -0.3 is 23.7 Å². The fourth-order valence-electron chi connectivity index (χ4n) is 4.25. The maximum absolute atomic E-state index is 12.7. The largest absolute Gasteiger partial charge is 0.463 e. The van der Waals surface area contributed by atoms with Gasteiger partial charge in [-0.05, 0) is 106 Å². The minimum absolute atomic E-state index is 0.0426. The molecule has 0 aliphatic rings. The van der Waals surface area contributed by atoms with E-state index in [2.05, 4.69) is 20.1 Å². The van der Waals surface area contributed by atoms with Crippen molar-refractivity contribution in [1.29, 1.82) is 0 Å². The standard InChI is InChI=1S/C39H46O10/c1-6-9-10-11-13-16-36(41)46-31(7-2)21-18-28(4)38(43)48-33-24-25-34(29(5)27-33)49-39(44)30-19-22-32(23-20-30)47-37(42)17-14-12-15-26-45-35(40)8-3/h7-8,18-25,27H,3-4,6,9-17,26H2,1-2,5H3/b21-18-,31-7+. The van der Waals surface area contributed by atoms with Crippen LogP contribution in [-0.4, -0.2) is 36.5 Å². The Bertz CT molecular complexity index is 1510. The molecular weight excluding hydrogens is 628 g/mol. The third kappa shape index (κ3) is 15.9. The Labute approximate surface area is 288 Å². The Morgan fingerprint density at radius 2 is 1.41 bits per heavy atom. The van der Waals surface area contributed by atoms with Crippen LogP contribution in [0.25, 0.3) is 0 Å². The van der Waals surface area contributed by atoms with Gasteiger partial charge in [0.15, 0.2) is 0 Å². The summed E-state index contributed by atoms with van der Waals surface area (Å²) in [6.07, 6.45) is 13.2. The van der Waals surface area contributed by atoms with Gasteiger partial charge in [0.25, 0.3) is 0 Å². The molecule has 0 spiro atoms. The van der Waals surface area contributed by atoms with E-state index in [0.717, 1.165) is 38.2 Å². The molecule has 0 saturated carbocycles. The van der Waals surface area contributed by atoms with Crippen LogP contribution >= 0.6 is 0 Å². The molecule has 0 aromatic heterocycles. The molecule has 2 rings (SSSR count). The molecule has 0 bridgehead atoms. The second kappa shape index (κ2) is 22.3. The summed E-state index contributed by atoms with van der Waals surface area (Å²) >= 11 is 0. The number of carbonyl (C=O) groups is 5. The topological polar surface area (TPSA) is 132 Å². The number of esters is 5. The van der Waals surface area contributed by atoms with Crippen molar-refractivity contribution >= 4 is 29.8 Å². The first kappa shape index (κ1) is 39.9. The highest BCUT2D eigenvalue weighted by Crippen LogP contribution is 2.25. The van der Waals surface area contributed by atoms with Gasteiger partial charge in [-0.1, -0.05) is 45.8 Å². The molecule has 0 heterocycles. The molecule has 10 heteroatoms. The van der Waals surface area contributed by atoms with E-state index in [-0.39, 0.29) is 47.4 Å². The van der Waals surface area contributed by atoms with E-state index in [1.54, 1.807) is 26.0 Å². The highest BCUT2D eigenvalue weighted by atomic mass is 16.6. The van der Waals surface area contributed by atoms with Gasteiger partial charge in [0.2, 0.25) is 0 Å². The van der Waals surface area contributed by atoms with Crippen LogP contribution < -0.4 is 14.2 Å². The maximum Gasteiger partial charge on any atom is 0.343 e. The van der Waals surface area contributed by atoms with Gasteiger partial charge in [-0.2, -0.15) is 0 Å². The summed E-state index contributed by atoms with van der Waals surface area (Å²) in [4.78, 5) is 60.6. The lowest BCUT2D eigenvalue weighted by Gasteiger charge is -2.10. The van der Waals surface area contributed by atoms with Gasteiger partial charge >= 0.3 is 29.8 Å². The first-order valence-corrected chi connectivity index (χ1v) is 16.4. The van der Waals surface area contributed by atoms with Crippen molar-refractivity contribution in [3.63, 3.8) is 0 Å². The van der Waals surface area contributed by atoms with Crippen molar-refractivity contribution < 1.29 is 47.7 Å². The molecule has 2 aromatic rings. The number of aryl methyl sites for hydroxylation is 1. The first-order valence-electron chi connectivity index (χ1n) is 16.4. The number of carbonyl (C=O) groups excluding carboxylic acids is 5. The van der Waals surface area contributed by atoms with E-state index in [0.29, 0.717) is 37.0 Å².